The second kappa shape index (κ2) is 3.61. The van der Waals surface area contributed by atoms with Crippen molar-refractivity contribution in [1.82, 2.24) is 5.32 Å². The Morgan fingerprint density at radius 1 is 1.15 bits per heavy atom. The predicted octanol–water partition coefficient (Wildman–Crippen LogP) is 2.81. The van der Waals surface area contributed by atoms with Gasteiger partial charge in [-0.1, -0.05) is 20.3 Å². The molecule has 0 radical (unpaired) electrons. The molecule has 0 amide bonds. The van der Waals surface area contributed by atoms with E-state index in [1.54, 1.807) is 0 Å². The fraction of sp³-hybridized carbons (Fsp3) is 1.00. The Balaban J connectivity index is 2.14. The SMILES string of the molecule is CC1(C)CC2CCCC1CCNC2. The van der Waals surface area contributed by atoms with E-state index in [-0.39, 0.29) is 0 Å². The third-order valence-corrected chi connectivity index (χ3v) is 4.19. The predicted molar refractivity (Wildman–Crippen MR) is 56.7 cm³/mol. The maximum Gasteiger partial charge on any atom is -0.00203 e. The zero-order valence-electron chi connectivity index (χ0n) is 9.10. The van der Waals surface area contributed by atoms with E-state index in [0.717, 1.165) is 11.8 Å². The first-order chi connectivity index (χ1) is 6.18. The quantitative estimate of drug-likeness (QED) is 0.606. The molecule has 1 aliphatic carbocycles. The molecule has 2 bridgehead atoms. The number of rotatable bonds is 0. The zero-order chi connectivity index (χ0) is 9.31. The van der Waals surface area contributed by atoms with E-state index in [9.17, 15) is 0 Å². The number of fused-ring (bicyclic) bond motifs is 3. The van der Waals surface area contributed by atoms with Crippen molar-refractivity contribution in [3.05, 3.63) is 0 Å². The Morgan fingerprint density at radius 3 is 2.85 bits per heavy atom. The fourth-order valence-corrected chi connectivity index (χ4v) is 3.35. The van der Waals surface area contributed by atoms with Crippen LogP contribution in [-0.4, -0.2) is 13.1 Å². The molecule has 2 aliphatic rings. The molecule has 0 aromatic heterocycles. The summed E-state index contributed by atoms with van der Waals surface area (Å²) in [6.07, 6.45) is 7.27. The molecule has 0 spiro atoms. The van der Waals surface area contributed by atoms with Gasteiger partial charge in [-0.15, -0.1) is 0 Å². The minimum absolute atomic E-state index is 0.614. The van der Waals surface area contributed by atoms with E-state index >= 15 is 0 Å². The lowest BCUT2D eigenvalue weighted by Crippen LogP contribution is -2.35. The topological polar surface area (TPSA) is 12.0 Å². The third kappa shape index (κ3) is 2.07. The summed E-state index contributed by atoms with van der Waals surface area (Å²) in [6, 6.07) is 0. The minimum atomic E-state index is 0.614. The molecule has 2 rings (SSSR count). The lowest BCUT2D eigenvalue weighted by atomic mass is 9.71. The van der Waals surface area contributed by atoms with Gasteiger partial charge in [0.15, 0.2) is 0 Å². The van der Waals surface area contributed by atoms with Crippen LogP contribution in [0.15, 0.2) is 0 Å². The van der Waals surface area contributed by atoms with Crippen LogP contribution >= 0.6 is 0 Å². The summed E-state index contributed by atoms with van der Waals surface area (Å²) in [5.74, 6) is 1.94. The molecule has 1 saturated carbocycles. The summed E-state index contributed by atoms with van der Waals surface area (Å²) < 4.78 is 0. The van der Waals surface area contributed by atoms with Gasteiger partial charge in [-0.05, 0) is 56.0 Å². The lowest BCUT2D eigenvalue weighted by Gasteiger charge is -2.36. The summed E-state index contributed by atoms with van der Waals surface area (Å²) >= 11 is 0. The third-order valence-electron chi connectivity index (χ3n) is 4.19. The van der Waals surface area contributed by atoms with Gasteiger partial charge >= 0.3 is 0 Å². The zero-order valence-corrected chi connectivity index (χ0v) is 9.10. The van der Waals surface area contributed by atoms with Crippen molar-refractivity contribution >= 4 is 0 Å². The molecule has 1 N–H and O–H groups in total. The molecular formula is C12H23N. The average Bonchev–Trinajstić information content (AvgIpc) is 2.17. The van der Waals surface area contributed by atoms with Gasteiger partial charge in [-0.25, -0.2) is 0 Å². The highest BCUT2D eigenvalue weighted by Gasteiger charge is 2.35. The molecule has 0 aromatic carbocycles. The molecule has 1 heteroatoms. The van der Waals surface area contributed by atoms with Gasteiger partial charge in [0.2, 0.25) is 0 Å². The summed E-state index contributed by atoms with van der Waals surface area (Å²) in [6.45, 7) is 7.50. The highest BCUT2D eigenvalue weighted by Crippen LogP contribution is 2.43. The maximum absolute atomic E-state index is 3.60. The Labute approximate surface area is 82.3 Å². The average molecular weight is 181 g/mol. The Hall–Kier alpha value is -0.0400. The largest absolute Gasteiger partial charge is 0.316 e. The standard InChI is InChI=1S/C12H23N/c1-12(2)8-10-4-3-5-11(12)6-7-13-9-10/h10-11,13H,3-9H2,1-2H3. The van der Waals surface area contributed by atoms with Crippen LogP contribution in [0.25, 0.3) is 0 Å². The van der Waals surface area contributed by atoms with Crippen molar-refractivity contribution in [1.29, 1.82) is 0 Å². The van der Waals surface area contributed by atoms with Gasteiger partial charge in [0, 0.05) is 0 Å². The molecule has 1 aliphatic heterocycles. The first-order valence-corrected chi connectivity index (χ1v) is 5.89. The second-order valence-corrected chi connectivity index (χ2v) is 5.68. The molecule has 1 nitrogen and oxygen atoms in total. The molecule has 0 aromatic rings. The van der Waals surface area contributed by atoms with E-state index in [1.807, 2.05) is 0 Å². The van der Waals surface area contributed by atoms with Crippen LogP contribution in [0, 0.1) is 17.3 Å². The van der Waals surface area contributed by atoms with Crippen LogP contribution in [-0.2, 0) is 0 Å². The van der Waals surface area contributed by atoms with E-state index in [2.05, 4.69) is 19.2 Å². The fourth-order valence-electron chi connectivity index (χ4n) is 3.35. The Bertz CT molecular complexity index is 170. The number of hydrogen-bond acceptors (Lipinski definition) is 1. The van der Waals surface area contributed by atoms with Crippen LogP contribution < -0.4 is 5.32 Å². The molecule has 1 saturated heterocycles. The first-order valence-electron chi connectivity index (χ1n) is 5.89. The van der Waals surface area contributed by atoms with Crippen molar-refractivity contribution in [2.45, 2.75) is 46.0 Å². The van der Waals surface area contributed by atoms with Gasteiger partial charge in [0.05, 0.1) is 0 Å². The van der Waals surface area contributed by atoms with Crippen LogP contribution in [0.1, 0.15) is 46.0 Å². The summed E-state index contributed by atoms with van der Waals surface area (Å²) in [5, 5.41) is 3.60. The monoisotopic (exact) mass is 181 g/mol. The molecule has 1 heterocycles. The van der Waals surface area contributed by atoms with Gasteiger partial charge in [-0.2, -0.15) is 0 Å². The number of nitrogens with one attached hydrogen (secondary N) is 1. The maximum atomic E-state index is 3.60. The smallest absolute Gasteiger partial charge is 0.00203 e. The van der Waals surface area contributed by atoms with Crippen LogP contribution in [0.5, 0.6) is 0 Å². The molecule has 2 atom stereocenters. The van der Waals surface area contributed by atoms with E-state index < -0.39 is 0 Å². The normalized spacial score (nSPS) is 39.2. The van der Waals surface area contributed by atoms with E-state index in [4.69, 9.17) is 0 Å². The Kier molecular flexibility index (Phi) is 2.64. The Morgan fingerprint density at radius 2 is 2.00 bits per heavy atom. The second-order valence-electron chi connectivity index (χ2n) is 5.68. The number of hydrogen-bond donors (Lipinski definition) is 1. The molecule has 13 heavy (non-hydrogen) atoms. The summed E-state index contributed by atoms with van der Waals surface area (Å²) in [5.41, 5.74) is 0.614. The van der Waals surface area contributed by atoms with Crippen molar-refractivity contribution < 1.29 is 0 Å². The highest BCUT2D eigenvalue weighted by molar-refractivity contribution is 4.87. The first kappa shape index (κ1) is 9.51. The van der Waals surface area contributed by atoms with Crippen LogP contribution in [0.2, 0.25) is 0 Å². The molecule has 2 unspecified atom stereocenters. The minimum Gasteiger partial charge on any atom is -0.316 e. The summed E-state index contributed by atoms with van der Waals surface area (Å²) in [4.78, 5) is 0. The van der Waals surface area contributed by atoms with E-state index in [1.165, 1.54) is 45.2 Å². The molecule has 2 fully saturated rings. The summed E-state index contributed by atoms with van der Waals surface area (Å²) in [7, 11) is 0. The van der Waals surface area contributed by atoms with Gasteiger partial charge in [0.25, 0.3) is 0 Å². The van der Waals surface area contributed by atoms with Crippen molar-refractivity contribution in [3.63, 3.8) is 0 Å². The lowest BCUT2D eigenvalue weighted by molar-refractivity contribution is 0.150. The van der Waals surface area contributed by atoms with Crippen molar-refractivity contribution in [3.8, 4) is 0 Å². The molecule has 76 valence electrons. The van der Waals surface area contributed by atoms with E-state index in [0.29, 0.717) is 5.41 Å². The van der Waals surface area contributed by atoms with Crippen LogP contribution in [0.3, 0.4) is 0 Å². The van der Waals surface area contributed by atoms with Crippen molar-refractivity contribution in [2.24, 2.45) is 17.3 Å². The van der Waals surface area contributed by atoms with Gasteiger partial charge in [-0.3, -0.25) is 0 Å². The van der Waals surface area contributed by atoms with Crippen LogP contribution in [0.4, 0.5) is 0 Å². The molecular weight excluding hydrogens is 158 g/mol. The van der Waals surface area contributed by atoms with Gasteiger partial charge in [0.1, 0.15) is 0 Å². The van der Waals surface area contributed by atoms with Gasteiger partial charge < -0.3 is 5.32 Å². The highest BCUT2D eigenvalue weighted by atomic mass is 14.9. The van der Waals surface area contributed by atoms with Crippen molar-refractivity contribution in [2.75, 3.05) is 13.1 Å².